The highest BCUT2D eigenvalue weighted by Gasteiger charge is 2.51. The van der Waals surface area contributed by atoms with Crippen LogP contribution in [0.1, 0.15) is 45.1 Å². The van der Waals surface area contributed by atoms with E-state index in [1.807, 2.05) is 30.3 Å². The van der Waals surface area contributed by atoms with Gasteiger partial charge in [-0.2, -0.15) is 0 Å². The predicted octanol–water partition coefficient (Wildman–Crippen LogP) is 2.91. The Morgan fingerprint density at radius 3 is 2.64 bits per heavy atom. The van der Waals surface area contributed by atoms with Gasteiger partial charge in [-0.05, 0) is 24.3 Å². The average molecular weight is 343 g/mol. The summed E-state index contributed by atoms with van der Waals surface area (Å²) < 4.78 is 11.1. The molecule has 0 aromatic heterocycles. The molecule has 0 bridgehead atoms. The van der Waals surface area contributed by atoms with E-state index in [1.54, 1.807) is 6.92 Å². The first-order valence-corrected chi connectivity index (χ1v) is 8.75. The fourth-order valence-electron chi connectivity index (χ4n) is 4.09. The summed E-state index contributed by atoms with van der Waals surface area (Å²) in [5.41, 5.74) is 7.14. The topological polar surface area (TPSA) is 78.6 Å². The molecule has 5 nitrogen and oxygen atoms in total. The van der Waals surface area contributed by atoms with Gasteiger partial charge >= 0.3 is 5.97 Å². The lowest BCUT2D eigenvalue weighted by atomic mass is 9.63. The molecule has 1 aliphatic carbocycles. The number of esters is 1. The van der Waals surface area contributed by atoms with Crippen LogP contribution in [0.3, 0.4) is 0 Å². The van der Waals surface area contributed by atoms with Gasteiger partial charge in [0.25, 0.3) is 0 Å². The molecule has 134 valence electrons. The van der Waals surface area contributed by atoms with Crippen molar-refractivity contribution in [2.24, 2.45) is 17.1 Å². The van der Waals surface area contributed by atoms with Crippen LogP contribution in [-0.2, 0) is 19.1 Å². The number of rotatable bonds is 3. The van der Waals surface area contributed by atoms with E-state index in [4.69, 9.17) is 15.2 Å². The number of benzene rings is 1. The summed E-state index contributed by atoms with van der Waals surface area (Å²) in [6.07, 6.45) is 0.875. The number of hydrogen-bond donors (Lipinski definition) is 1. The second-order valence-corrected chi connectivity index (χ2v) is 7.58. The molecule has 2 N–H and O–H groups in total. The minimum absolute atomic E-state index is 0.0825. The minimum atomic E-state index is -0.509. The summed E-state index contributed by atoms with van der Waals surface area (Å²) >= 11 is 0. The zero-order valence-electron chi connectivity index (χ0n) is 15.0. The van der Waals surface area contributed by atoms with Crippen LogP contribution in [0, 0.1) is 11.3 Å². The largest absolute Gasteiger partial charge is 0.475 e. The number of ether oxygens (including phenoxy) is 2. The second-order valence-electron chi connectivity index (χ2n) is 7.58. The Morgan fingerprint density at radius 1 is 1.32 bits per heavy atom. The van der Waals surface area contributed by atoms with Crippen LogP contribution in [0.15, 0.2) is 41.8 Å². The van der Waals surface area contributed by atoms with Crippen LogP contribution >= 0.6 is 0 Å². The Morgan fingerprint density at radius 2 is 2.00 bits per heavy atom. The Kier molecular flexibility index (Phi) is 4.58. The maximum absolute atomic E-state index is 13.0. The quantitative estimate of drug-likeness (QED) is 0.854. The van der Waals surface area contributed by atoms with Crippen molar-refractivity contribution in [1.82, 2.24) is 0 Å². The third-order valence-corrected chi connectivity index (χ3v) is 5.05. The van der Waals surface area contributed by atoms with E-state index in [9.17, 15) is 9.59 Å². The van der Waals surface area contributed by atoms with Gasteiger partial charge in [-0.15, -0.1) is 0 Å². The van der Waals surface area contributed by atoms with Crippen molar-refractivity contribution in [2.45, 2.75) is 45.6 Å². The second kappa shape index (κ2) is 6.54. The maximum atomic E-state index is 13.0. The van der Waals surface area contributed by atoms with E-state index in [-0.39, 0.29) is 35.4 Å². The molecule has 3 atom stereocenters. The van der Waals surface area contributed by atoms with Gasteiger partial charge < -0.3 is 15.2 Å². The van der Waals surface area contributed by atoms with Crippen LogP contribution < -0.4 is 5.73 Å². The first-order chi connectivity index (χ1) is 11.8. The molecule has 0 amide bonds. The van der Waals surface area contributed by atoms with Gasteiger partial charge in [0.2, 0.25) is 0 Å². The van der Waals surface area contributed by atoms with Gasteiger partial charge in [0.1, 0.15) is 17.5 Å². The molecule has 3 rings (SSSR count). The van der Waals surface area contributed by atoms with Crippen molar-refractivity contribution < 1.29 is 19.1 Å². The van der Waals surface area contributed by atoms with Gasteiger partial charge in [-0.3, -0.25) is 4.79 Å². The van der Waals surface area contributed by atoms with Gasteiger partial charge in [0, 0.05) is 12.3 Å². The number of carbonyl (C=O) groups excluding carboxylic acids is 2. The highest BCUT2D eigenvalue weighted by atomic mass is 16.5. The van der Waals surface area contributed by atoms with Crippen molar-refractivity contribution in [3.8, 4) is 0 Å². The zero-order valence-corrected chi connectivity index (χ0v) is 15.0. The third-order valence-electron chi connectivity index (χ3n) is 5.05. The van der Waals surface area contributed by atoms with Gasteiger partial charge in [0.15, 0.2) is 5.88 Å². The van der Waals surface area contributed by atoms with Crippen LogP contribution in [-0.4, -0.2) is 24.5 Å². The molecule has 1 saturated carbocycles. The highest BCUT2D eigenvalue weighted by Crippen LogP contribution is 2.49. The lowest BCUT2D eigenvalue weighted by Gasteiger charge is -2.45. The van der Waals surface area contributed by atoms with Crippen LogP contribution in [0.4, 0.5) is 0 Å². The predicted molar refractivity (Wildman–Crippen MR) is 93.4 cm³/mol. The Labute approximate surface area is 148 Å². The first kappa shape index (κ1) is 17.5. The fourth-order valence-corrected chi connectivity index (χ4v) is 4.09. The third kappa shape index (κ3) is 3.28. The molecule has 1 heterocycles. The number of fused-ring (bicyclic) bond motifs is 1. The molecule has 1 aliphatic heterocycles. The summed E-state index contributed by atoms with van der Waals surface area (Å²) in [5.74, 6) is -1.15. The lowest BCUT2D eigenvalue weighted by molar-refractivity contribution is -0.144. The smallest absolute Gasteiger partial charge is 0.340 e. The molecular formula is C20H25NO4. The van der Waals surface area contributed by atoms with Crippen molar-refractivity contribution in [3.63, 3.8) is 0 Å². The van der Waals surface area contributed by atoms with E-state index in [0.717, 1.165) is 12.0 Å². The van der Waals surface area contributed by atoms with E-state index < -0.39 is 17.8 Å². The summed E-state index contributed by atoms with van der Waals surface area (Å²) in [6, 6.07) is 9.55. The maximum Gasteiger partial charge on any atom is 0.340 e. The van der Waals surface area contributed by atoms with Gasteiger partial charge in [0.05, 0.1) is 12.5 Å². The SMILES string of the molecule is CCOC(=O)C1=C(N)OC2CC(C)(C)CC(=O)C2C1c1ccccc1. The number of carbonyl (C=O) groups is 2. The lowest BCUT2D eigenvalue weighted by Crippen LogP contribution is -2.49. The molecule has 1 fully saturated rings. The standard InChI is InChI=1S/C20H25NO4/c1-4-24-19(23)17-15(12-8-6-5-7-9-12)16-13(22)10-20(2,3)11-14(16)25-18(17)21/h5-9,14-16H,4,10-11,21H2,1-3H3. The van der Waals surface area contributed by atoms with Crippen LogP contribution in [0.2, 0.25) is 0 Å². The molecular weight excluding hydrogens is 318 g/mol. The normalized spacial score (nSPS) is 28.1. The first-order valence-electron chi connectivity index (χ1n) is 8.75. The Bertz CT molecular complexity index is 708. The summed E-state index contributed by atoms with van der Waals surface area (Å²) in [4.78, 5) is 25.5. The van der Waals surface area contributed by atoms with Crippen LogP contribution in [0.25, 0.3) is 0 Å². The summed E-state index contributed by atoms with van der Waals surface area (Å²) in [5, 5.41) is 0. The average Bonchev–Trinajstić information content (AvgIpc) is 2.53. The van der Waals surface area contributed by atoms with Crippen molar-refractivity contribution in [3.05, 3.63) is 47.4 Å². The summed E-state index contributed by atoms with van der Waals surface area (Å²) in [7, 11) is 0. The number of ketones is 1. The van der Waals surface area contributed by atoms with Crippen molar-refractivity contribution in [1.29, 1.82) is 0 Å². The number of hydrogen-bond acceptors (Lipinski definition) is 5. The van der Waals surface area contributed by atoms with E-state index in [2.05, 4.69) is 13.8 Å². The monoisotopic (exact) mass is 343 g/mol. The molecule has 0 radical (unpaired) electrons. The van der Waals surface area contributed by atoms with Gasteiger partial charge in [-0.1, -0.05) is 44.2 Å². The van der Waals surface area contributed by atoms with E-state index in [0.29, 0.717) is 6.42 Å². The molecule has 5 heteroatoms. The molecule has 1 aromatic rings. The number of Topliss-reactive ketones (excluding diaryl/α,β-unsaturated/α-hetero) is 1. The highest BCUT2D eigenvalue weighted by molar-refractivity contribution is 5.94. The molecule has 0 saturated heterocycles. The Balaban J connectivity index is 2.11. The minimum Gasteiger partial charge on any atom is -0.475 e. The summed E-state index contributed by atoms with van der Waals surface area (Å²) in [6.45, 7) is 6.10. The fraction of sp³-hybridized carbons (Fsp3) is 0.500. The molecule has 2 aliphatic rings. The molecule has 25 heavy (non-hydrogen) atoms. The van der Waals surface area contributed by atoms with Crippen LogP contribution in [0.5, 0.6) is 0 Å². The Hall–Kier alpha value is -2.30. The zero-order chi connectivity index (χ0) is 18.2. The van der Waals surface area contributed by atoms with E-state index >= 15 is 0 Å². The molecule has 0 spiro atoms. The number of nitrogens with two attached hydrogens (primary N) is 1. The molecule has 1 aromatic carbocycles. The molecule has 3 unspecified atom stereocenters. The van der Waals surface area contributed by atoms with Gasteiger partial charge in [-0.25, -0.2) is 4.79 Å². The van der Waals surface area contributed by atoms with E-state index in [1.165, 1.54) is 0 Å². The van der Waals surface area contributed by atoms with Crippen molar-refractivity contribution >= 4 is 11.8 Å². The van der Waals surface area contributed by atoms with Crippen molar-refractivity contribution in [2.75, 3.05) is 6.61 Å².